The van der Waals surface area contributed by atoms with Crippen LogP contribution >= 0.6 is 15.9 Å². The van der Waals surface area contributed by atoms with E-state index in [9.17, 15) is 0 Å². The number of rotatable bonds is 4. The van der Waals surface area contributed by atoms with Gasteiger partial charge in [-0.2, -0.15) is 0 Å². The molecule has 1 saturated carbocycles. The molecule has 1 aliphatic rings. The van der Waals surface area contributed by atoms with Gasteiger partial charge in [0.15, 0.2) is 0 Å². The van der Waals surface area contributed by atoms with E-state index in [1.54, 1.807) is 0 Å². The van der Waals surface area contributed by atoms with Crippen molar-refractivity contribution in [3.63, 3.8) is 0 Å². The molecule has 0 heterocycles. The standard InChI is InChI=1S/C14H20BrN/c1-2-16-14-7-6-12(10-14)8-11-4-3-5-13(15)9-11/h3-5,9,12,14,16H,2,6-8,10H2,1H3. The third-order valence-corrected chi connectivity index (χ3v) is 3.94. The van der Waals surface area contributed by atoms with Gasteiger partial charge in [0.05, 0.1) is 0 Å². The first-order valence-electron chi connectivity index (χ1n) is 6.25. The summed E-state index contributed by atoms with van der Waals surface area (Å²) in [5.41, 5.74) is 1.47. The zero-order chi connectivity index (χ0) is 11.4. The Labute approximate surface area is 107 Å². The maximum absolute atomic E-state index is 3.56. The second kappa shape index (κ2) is 5.83. The van der Waals surface area contributed by atoms with Gasteiger partial charge >= 0.3 is 0 Å². The Bertz CT molecular complexity index is 337. The number of nitrogens with one attached hydrogen (secondary N) is 1. The lowest BCUT2D eigenvalue weighted by Crippen LogP contribution is -2.25. The maximum atomic E-state index is 3.56. The molecule has 1 nitrogen and oxygen atoms in total. The lowest BCUT2D eigenvalue weighted by atomic mass is 9.98. The minimum Gasteiger partial charge on any atom is -0.314 e. The predicted octanol–water partition coefficient (Wildman–Crippen LogP) is 3.77. The Kier molecular flexibility index (Phi) is 4.42. The van der Waals surface area contributed by atoms with E-state index in [0.717, 1.165) is 18.5 Å². The van der Waals surface area contributed by atoms with Crippen molar-refractivity contribution in [2.24, 2.45) is 5.92 Å². The molecular weight excluding hydrogens is 262 g/mol. The van der Waals surface area contributed by atoms with Gasteiger partial charge in [-0.25, -0.2) is 0 Å². The van der Waals surface area contributed by atoms with Crippen molar-refractivity contribution >= 4 is 15.9 Å². The van der Waals surface area contributed by atoms with Gasteiger partial charge in [-0.1, -0.05) is 35.0 Å². The average Bonchev–Trinajstić information content (AvgIpc) is 2.66. The first kappa shape index (κ1) is 12.1. The van der Waals surface area contributed by atoms with Crippen LogP contribution in [0, 0.1) is 5.92 Å². The van der Waals surface area contributed by atoms with E-state index in [-0.39, 0.29) is 0 Å². The molecule has 0 saturated heterocycles. The monoisotopic (exact) mass is 281 g/mol. The molecule has 1 aliphatic carbocycles. The zero-order valence-corrected chi connectivity index (χ0v) is 11.5. The van der Waals surface area contributed by atoms with E-state index < -0.39 is 0 Å². The highest BCUT2D eigenvalue weighted by atomic mass is 79.9. The van der Waals surface area contributed by atoms with Crippen LogP contribution in [0.25, 0.3) is 0 Å². The minimum atomic E-state index is 0.766. The van der Waals surface area contributed by atoms with Crippen molar-refractivity contribution in [2.75, 3.05) is 6.54 Å². The van der Waals surface area contributed by atoms with Gasteiger partial charge in [0.2, 0.25) is 0 Å². The van der Waals surface area contributed by atoms with E-state index in [1.165, 1.54) is 35.7 Å². The van der Waals surface area contributed by atoms with Crippen LogP contribution in [0.2, 0.25) is 0 Å². The molecule has 0 aliphatic heterocycles. The van der Waals surface area contributed by atoms with Gasteiger partial charge in [-0.15, -0.1) is 0 Å². The Morgan fingerprint density at radius 2 is 2.25 bits per heavy atom. The SMILES string of the molecule is CCNC1CCC(Cc2cccc(Br)c2)C1. The van der Waals surface area contributed by atoms with Crippen LogP contribution in [0.1, 0.15) is 31.7 Å². The van der Waals surface area contributed by atoms with Crippen LogP contribution in [-0.2, 0) is 6.42 Å². The summed E-state index contributed by atoms with van der Waals surface area (Å²) in [7, 11) is 0. The highest BCUT2D eigenvalue weighted by Gasteiger charge is 2.23. The molecule has 1 N–H and O–H groups in total. The summed E-state index contributed by atoms with van der Waals surface area (Å²) in [5.74, 6) is 0.873. The second-order valence-corrected chi connectivity index (χ2v) is 5.68. The molecule has 1 aromatic rings. The summed E-state index contributed by atoms with van der Waals surface area (Å²) in [6.07, 6.45) is 5.32. The Balaban J connectivity index is 1.87. The minimum absolute atomic E-state index is 0.766. The topological polar surface area (TPSA) is 12.0 Å². The summed E-state index contributed by atoms with van der Waals surface area (Å²) in [6.45, 7) is 3.30. The molecule has 0 aromatic heterocycles. The average molecular weight is 282 g/mol. The molecule has 0 radical (unpaired) electrons. The lowest BCUT2D eigenvalue weighted by Gasteiger charge is -2.12. The maximum Gasteiger partial charge on any atom is 0.0177 e. The first-order valence-corrected chi connectivity index (χ1v) is 7.05. The number of hydrogen-bond acceptors (Lipinski definition) is 1. The lowest BCUT2D eigenvalue weighted by molar-refractivity contribution is 0.493. The molecule has 0 spiro atoms. The number of benzene rings is 1. The Morgan fingerprint density at radius 3 is 3.00 bits per heavy atom. The molecule has 2 rings (SSSR count). The molecule has 2 heteroatoms. The Hall–Kier alpha value is -0.340. The van der Waals surface area contributed by atoms with Crippen LogP contribution in [0.15, 0.2) is 28.7 Å². The number of halogens is 1. The second-order valence-electron chi connectivity index (χ2n) is 4.77. The molecule has 0 amide bonds. The molecular formula is C14H20BrN. The third-order valence-electron chi connectivity index (χ3n) is 3.45. The zero-order valence-electron chi connectivity index (χ0n) is 9.88. The molecule has 88 valence electrons. The molecule has 16 heavy (non-hydrogen) atoms. The largest absolute Gasteiger partial charge is 0.314 e. The van der Waals surface area contributed by atoms with E-state index in [0.29, 0.717) is 0 Å². The highest BCUT2D eigenvalue weighted by molar-refractivity contribution is 9.10. The van der Waals surface area contributed by atoms with Gasteiger partial charge in [0, 0.05) is 10.5 Å². The van der Waals surface area contributed by atoms with Crippen molar-refractivity contribution in [3.05, 3.63) is 34.3 Å². The van der Waals surface area contributed by atoms with Gasteiger partial charge in [0.25, 0.3) is 0 Å². The third kappa shape index (κ3) is 3.33. The van der Waals surface area contributed by atoms with E-state index in [1.807, 2.05) is 0 Å². The highest BCUT2D eigenvalue weighted by Crippen LogP contribution is 2.29. The predicted molar refractivity (Wildman–Crippen MR) is 72.7 cm³/mol. The van der Waals surface area contributed by atoms with Crippen LogP contribution in [0.3, 0.4) is 0 Å². The van der Waals surface area contributed by atoms with Gasteiger partial charge in [-0.3, -0.25) is 0 Å². The fourth-order valence-corrected chi connectivity index (χ4v) is 3.18. The number of hydrogen-bond donors (Lipinski definition) is 1. The normalized spacial score (nSPS) is 24.9. The summed E-state index contributed by atoms with van der Waals surface area (Å²) in [6, 6.07) is 9.49. The van der Waals surface area contributed by atoms with Crippen LogP contribution in [-0.4, -0.2) is 12.6 Å². The van der Waals surface area contributed by atoms with E-state index in [4.69, 9.17) is 0 Å². The summed E-state index contributed by atoms with van der Waals surface area (Å²) < 4.78 is 1.20. The van der Waals surface area contributed by atoms with Crippen LogP contribution in [0.5, 0.6) is 0 Å². The Morgan fingerprint density at radius 1 is 1.38 bits per heavy atom. The fourth-order valence-electron chi connectivity index (χ4n) is 2.73. The van der Waals surface area contributed by atoms with Crippen molar-refractivity contribution in [2.45, 2.75) is 38.6 Å². The van der Waals surface area contributed by atoms with Gasteiger partial charge in [-0.05, 0) is 55.8 Å². The van der Waals surface area contributed by atoms with Crippen molar-refractivity contribution in [1.82, 2.24) is 5.32 Å². The van der Waals surface area contributed by atoms with Crippen molar-refractivity contribution in [1.29, 1.82) is 0 Å². The fraction of sp³-hybridized carbons (Fsp3) is 0.571. The van der Waals surface area contributed by atoms with Crippen LogP contribution in [0.4, 0.5) is 0 Å². The van der Waals surface area contributed by atoms with Crippen LogP contribution < -0.4 is 5.32 Å². The quantitative estimate of drug-likeness (QED) is 0.886. The molecule has 0 bridgehead atoms. The van der Waals surface area contributed by atoms with E-state index >= 15 is 0 Å². The molecule has 1 fully saturated rings. The molecule has 2 unspecified atom stereocenters. The van der Waals surface area contributed by atoms with Gasteiger partial charge < -0.3 is 5.32 Å². The molecule has 1 aromatic carbocycles. The summed E-state index contributed by atoms with van der Waals surface area (Å²) >= 11 is 3.54. The van der Waals surface area contributed by atoms with Gasteiger partial charge in [0.1, 0.15) is 0 Å². The summed E-state index contributed by atoms with van der Waals surface area (Å²) in [4.78, 5) is 0. The summed E-state index contributed by atoms with van der Waals surface area (Å²) in [5, 5.41) is 3.56. The van der Waals surface area contributed by atoms with E-state index in [2.05, 4.69) is 52.4 Å². The smallest absolute Gasteiger partial charge is 0.0177 e. The first-order chi connectivity index (χ1) is 7.78. The molecule has 2 atom stereocenters. The van der Waals surface area contributed by atoms with Crippen molar-refractivity contribution < 1.29 is 0 Å². The van der Waals surface area contributed by atoms with Crippen molar-refractivity contribution in [3.8, 4) is 0 Å².